The maximum Gasteiger partial charge on any atom is 0.345 e. The number of carbonyl (C=O) groups is 5. The molecule has 6 heterocycles. The lowest BCUT2D eigenvalue weighted by atomic mass is 9.96. The Kier molecular flexibility index (Phi) is 21.1. The monoisotopic (exact) mass is 1390 g/mol. The molecule has 0 fully saturated rings. The van der Waals surface area contributed by atoms with Crippen molar-refractivity contribution < 1.29 is 33.8 Å². The van der Waals surface area contributed by atoms with Crippen LogP contribution in [0.25, 0.3) is 32.3 Å². The molecule has 0 radical (unpaired) electrons. The van der Waals surface area contributed by atoms with Crippen LogP contribution in [-0.2, 0) is 36.3 Å². The van der Waals surface area contributed by atoms with E-state index in [1.807, 2.05) is 142 Å². The Hall–Kier alpha value is -9.39. The Morgan fingerprint density at radius 1 is 0.458 bits per heavy atom. The summed E-state index contributed by atoms with van der Waals surface area (Å²) in [5.41, 5.74) is 6.01. The number of aliphatic hydroxyl groups excluding tert-OH is 1. The molecule has 3 aliphatic heterocycles. The fourth-order valence-corrected chi connectivity index (χ4v) is 18.2. The van der Waals surface area contributed by atoms with Gasteiger partial charge in [0.1, 0.15) is 53.8 Å². The summed E-state index contributed by atoms with van der Waals surface area (Å²) in [7, 11) is 7.47. The molecule has 0 aliphatic carbocycles. The number of para-hydroxylation sites is 1. The average molecular weight is 1390 g/mol. The number of hydrogen-bond donors (Lipinski definition) is 1. The number of esters is 1. The summed E-state index contributed by atoms with van der Waals surface area (Å²) >= 11 is 8.26. The largest absolute Gasteiger partial charge is 0.462 e. The van der Waals surface area contributed by atoms with Crippen LogP contribution in [0.2, 0.25) is 0 Å². The Labute approximate surface area is 576 Å². The molecule has 10 aromatic rings. The van der Waals surface area contributed by atoms with Gasteiger partial charge in [-0.1, -0.05) is 181 Å². The van der Waals surface area contributed by atoms with Crippen molar-refractivity contribution in [3.63, 3.8) is 0 Å². The summed E-state index contributed by atoms with van der Waals surface area (Å²) in [4.78, 5) is 115. The van der Waals surface area contributed by atoms with Gasteiger partial charge in [0, 0.05) is 84.3 Å². The number of carbonyl (C=O) groups excluding carboxylic acids is 5. The van der Waals surface area contributed by atoms with Gasteiger partial charge in [-0.3, -0.25) is 42.7 Å². The molecule has 16 nitrogen and oxygen atoms in total. The van der Waals surface area contributed by atoms with Crippen molar-refractivity contribution in [3.8, 4) is 0 Å². The van der Waals surface area contributed by atoms with Gasteiger partial charge in [0.25, 0.3) is 16.7 Å². The fourth-order valence-electron chi connectivity index (χ4n) is 10.8. The predicted octanol–water partition coefficient (Wildman–Crippen LogP) is 9.21. The number of benzene rings is 7. The smallest absolute Gasteiger partial charge is 0.345 e. The quantitative estimate of drug-likeness (QED) is 0.0652. The van der Waals surface area contributed by atoms with Crippen molar-refractivity contribution in [3.05, 3.63) is 274 Å². The topological polar surface area (TPSA) is 191 Å². The van der Waals surface area contributed by atoms with Crippen LogP contribution in [0.3, 0.4) is 0 Å². The van der Waals surface area contributed by atoms with E-state index in [0.29, 0.717) is 62.9 Å². The van der Waals surface area contributed by atoms with Gasteiger partial charge in [0.05, 0.1) is 30.3 Å². The highest BCUT2D eigenvalue weighted by Gasteiger charge is 2.32. The third-order valence-corrected chi connectivity index (χ3v) is 23.5. The first-order chi connectivity index (χ1) is 46.4. The average Bonchev–Trinajstić information content (AvgIpc) is 1.62. The standard InChI is InChI=1S/C29H24N2O4S2.C25H24N2O4S2.C20H16N2O2S2/c1-3-31-27(35)26(29-30(2)21-16-18(17-32)14-15-22(21)36-29)37-28(31)23(24(33)19-10-6-4-7-11-19)25(34)20-12-8-5-9-13-20;1-5-27-22(29)21(24-26(4)17-14-15(3)12-13-18(17)32-24)33-23(27)19(25(30)31-6-2)20(28)16-10-8-7-9-11-16;1-21-14-10-6-7-11-16(14)25-20(21)18-19(24)22(2)17(26-18)12-15(23)13-8-4-3-5-9-13/h4-16,32H,3,17H2,1-2H3;7-14H,5-6H2,1-4H3;3-12H,1-2H3/b29-26-;23-19-,24-21-;17-12+,20-18-. The van der Waals surface area contributed by atoms with E-state index in [1.54, 1.807) is 121 Å². The zero-order valence-electron chi connectivity index (χ0n) is 53.5. The molecule has 22 heteroatoms. The number of fused-ring (bicyclic) bond motifs is 3. The molecule has 486 valence electrons. The van der Waals surface area contributed by atoms with Crippen LogP contribution in [0.5, 0.6) is 0 Å². The van der Waals surface area contributed by atoms with Gasteiger partial charge in [-0.25, -0.2) is 4.79 Å². The summed E-state index contributed by atoms with van der Waals surface area (Å²) in [6.07, 6.45) is 1.54. The minimum Gasteiger partial charge on any atom is -0.462 e. The molecule has 0 saturated carbocycles. The van der Waals surface area contributed by atoms with Crippen molar-refractivity contribution in [1.29, 1.82) is 0 Å². The Balaban J connectivity index is 0.000000148. The number of thioether (sulfide) groups is 3. The number of anilines is 3. The molecule has 1 N–H and O–H groups in total. The number of nitrogens with zero attached hydrogens (tertiary/aromatic N) is 6. The van der Waals surface area contributed by atoms with E-state index in [2.05, 4.69) is 6.07 Å². The highest BCUT2D eigenvalue weighted by molar-refractivity contribution is 8.09. The molecule has 13 rings (SSSR count). The maximum atomic E-state index is 13.8. The summed E-state index contributed by atoms with van der Waals surface area (Å²) in [5, 5.41) is 12.0. The lowest BCUT2D eigenvalue weighted by molar-refractivity contribution is -0.136. The first-order valence-electron chi connectivity index (χ1n) is 30.5. The molecule has 0 atom stereocenters. The third kappa shape index (κ3) is 13.6. The number of aromatic nitrogens is 3. The zero-order valence-corrected chi connectivity index (χ0v) is 58.4. The minimum absolute atomic E-state index is 0.0149. The maximum absolute atomic E-state index is 13.8. The van der Waals surface area contributed by atoms with E-state index in [0.717, 1.165) is 69.3 Å². The molecule has 0 saturated heterocycles. The number of ether oxygens (including phenoxy) is 1. The summed E-state index contributed by atoms with van der Waals surface area (Å²) < 4.78 is 12.7. The third-order valence-electron chi connectivity index (χ3n) is 15.8. The van der Waals surface area contributed by atoms with Crippen molar-refractivity contribution >= 4 is 148 Å². The number of aryl methyl sites for hydroxylation is 1. The molecular weight excluding hydrogens is 1330 g/mol. The van der Waals surface area contributed by atoms with Gasteiger partial charge < -0.3 is 29.1 Å². The Bertz CT molecular complexity index is 5280. The molecule has 96 heavy (non-hydrogen) atoms. The molecule has 0 amide bonds. The van der Waals surface area contributed by atoms with Crippen LogP contribution < -0.4 is 59.0 Å². The number of thiazole rings is 3. The first kappa shape index (κ1) is 68.0. The van der Waals surface area contributed by atoms with E-state index in [4.69, 9.17) is 4.74 Å². The van der Waals surface area contributed by atoms with E-state index >= 15 is 0 Å². The van der Waals surface area contributed by atoms with Crippen molar-refractivity contribution in [1.82, 2.24) is 13.7 Å². The lowest BCUT2D eigenvalue weighted by Crippen LogP contribution is -2.35. The van der Waals surface area contributed by atoms with Crippen LogP contribution >= 0.6 is 69.3 Å². The van der Waals surface area contributed by atoms with Crippen LogP contribution in [0, 0.1) is 6.92 Å². The van der Waals surface area contributed by atoms with E-state index in [1.165, 1.54) is 61.4 Å². The fraction of sp³-hybridized carbons (Fsp3) is 0.162. The van der Waals surface area contributed by atoms with E-state index in [9.17, 15) is 43.5 Å². The van der Waals surface area contributed by atoms with Gasteiger partial charge in [-0.05, 0) is 75.2 Å². The summed E-state index contributed by atoms with van der Waals surface area (Å²) in [6, 6.07) is 54.9. The SMILES string of the molecule is CCOC(=O)/C(C(=O)c1ccccc1)=c1\s/c(=C2\Sc3ccc(C)cc3N2C)c(=O)n1CC.CCn1c(=C(C(=O)c2ccccc2)C(=O)c2ccccc2)s/c(=C2\Sc3ccc(CO)cc3N2C)c1=O.CN1/C(=c2/s/c(=C/C(=O)c3ccccc3)n(C)c2=O)Sc2ccccc21. The first-order valence-corrected chi connectivity index (χ1v) is 35.4. The Morgan fingerprint density at radius 2 is 0.865 bits per heavy atom. The van der Waals surface area contributed by atoms with Gasteiger partial charge in [0.15, 0.2) is 17.3 Å². The normalized spacial score (nSPS) is 15.0. The number of ketones is 4. The van der Waals surface area contributed by atoms with Gasteiger partial charge in [-0.2, -0.15) is 0 Å². The minimum atomic E-state index is -0.724. The van der Waals surface area contributed by atoms with Crippen molar-refractivity contribution in [2.24, 2.45) is 7.05 Å². The van der Waals surface area contributed by atoms with Gasteiger partial charge in [0.2, 0.25) is 5.78 Å². The Morgan fingerprint density at radius 3 is 1.33 bits per heavy atom. The van der Waals surface area contributed by atoms with E-state index < -0.39 is 23.3 Å². The van der Waals surface area contributed by atoms with E-state index in [-0.39, 0.29) is 46.8 Å². The van der Waals surface area contributed by atoms with Crippen LogP contribution in [0.15, 0.2) is 211 Å². The molecule has 0 bridgehead atoms. The van der Waals surface area contributed by atoms with Crippen LogP contribution in [0.1, 0.15) is 73.3 Å². The highest BCUT2D eigenvalue weighted by Crippen LogP contribution is 2.47. The molecular formula is C74H64N6O10S6. The number of aliphatic hydroxyl groups is 1. The summed E-state index contributed by atoms with van der Waals surface area (Å²) in [5.74, 6) is -2.12. The molecule has 3 aliphatic rings. The highest BCUT2D eigenvalue weighted by atomic mass is 32.2. The number of Topliss-reactive ketones (excluding diaryl/α,β-unsaturated/α-hetero) is 4. The predicted molar refractivity (Wildman–Crippen MR) is 390 cm³/mol. The number of rotatable bonds is 13. The second kappa shape index (κ2) is 29.7. The zero-order chi connectivity index (χ0) is 68.1. The molecule has 0 spiro atoms. The van der Waals surface area contributed by atoms with Crippen LogP contribution in [0.4, 0.5) is 17.1 Å². The van der Waals surface area contributed by atoms with Crippen molar-refractivity contribution in [2.75, 3.05) is 42.4 Å². The summed E-state index contributed by atoms with van der Waals surface area (Å²) in [6.45, 7) is 8.06. The number of hydrogen-bond acceptors (Lipinski definition) is 19. The molecule has 3 aromatic heterocycles. The lowest BCUT2D eigenvalue weighted by Gasteiger charge is -2.13. The van der Waals surface area contributed by atoms with Gasteiger partial charge >= 0.3 is 5.97 Å². The second-order valence-corrected chi connectivity index (χ2v) is 28.1. The van der Waals surface area contributed by atoms with Crippen LogP contribution in [-0.4, -0.2) is 75.7 Å². The second-order valence-electron chi connectivity index (χ2n) is 21.9. The van der Waals surface area contributed by atoms with Crippen molar-refractivity contribution in [2.45, 2.75) is 62.1 Å². The molecule has 0 unspecified atom stereocenters. The molecule has 7 aromatic carbocycles. The van der Waals surface area contributed by atoms with Gasteiger partial charge in [-0.15, -0.1) is 34.0 Å².